The van der Waals surface area contributed by atoms with Crippen molar-refractivity contribution in [2.75, 3.05) is 0 Å². The lowest BCUT2D eigenvalue weighted by molar-refractivity contribution is -0.123. The first-order chi connectivity index (χ1) is 13.4. The summed E-state index contributed by atoms with van der Waals surface area (Å²) in [7, 11) is 0. The van der Waals surface area contributed by atoms with Crippen LogP contribution in [0, 0.1) is 0 Å². The van der Waals surface area contributed by atoms with Gasteiger partial charge < -0.3 is 9.52 Å². The molecular formula is C20H12ClNO5S. The molecule has 0 bridgehead atoms. The van der Waals surface area contributed by atoms with Crippen LogP contribution in [-0.4, -0.2) is 21.2 Å². The van der Waals surface area contributed by atoms with Crippen LogP contribution in [0.25, 0.3) is 17.0 Å². The molecule has 1 saturated heterocycles. The lowest BCUT2D eigenvalue weighted by Gasteiger charge is -2.13. The van der Waals surface area contributed by atoms with Crippen LogP contribution in [0.1, 0.15) is 11.1 Å². The van der Waals surface area contributed by atoms with Gasteiger partial charge in [-0.25, -0.2) is 4.79 Å². The van der Waals surface area contributed by atoms with Gasteiger partial charge in [0.25, 0.3) is 11.1 Å². The topological polar surface area (TPSA) is 87.8 Å². The van der Waals surface area contributed by atoms with Gasteiger partial charge in [0.15, 0.2) is 0 Å². The van der Waals surface area contributed by atoms with Gasteiger partial charge in [0, 0.05) is 22.5 Å². The molecule has 1 aromatic heterocycles. The summed E-state index contributed by atoms with van der Waals surface area (Å²) in [6, 6.07) is 12.6. The van der Waals surface area contributed by atoms with Crippen molar-refractivity contribution in [3.05, 3.63) is 80.0 Å². The summed E-state index contributed by atoms with van der Waals surface area (Å²) >= 11 is 6.93. The van der Waals surface area contributed by atoms with E-state index in [2.05, 4.69) is 0 Å². The number of thioether (sulfide) groups is 1. The maximum Gasteiger partial charge on any atom is 0.336 e. The zero-order chi connectivity index (χ0) is 19.8. The Morgan fingerprint density at radius 3 is 2.68 bits per heavy atom. The van der Waals surface area contributed by atoms with Crippen molar-refractivity contribution < 1.29 is 19.1 Å². The Labute approximate surface area is 168 Å². The Bertz CT molecular complexity index is 1220. The summed E-state index contributed by atoms with van der Waals surface area (Å²) in [6.07, 6.45) is 1.57. The number of hydrogen-bond acceptors (Lipinski definition) is 6. The van der Waals surface area contributed by atoms with Gasteiger partial charge in [-0.15, -0.1) is 0 Å². The number of benzene rings is 2. The molecule has 0 atom stereocenters. The van der Waals surface area contributed by atoms with Crippen molar-refractivity contribution in [3.63, 3.8) is 0 Å². The third-order valence-corrected chi connectivity index (χ3v) is 5.46. The molecule has 0 saturated carbocycles. The van der Waals surface area contributed by atoms with Gasteiger partial charge >= 0.3 is 5.63 Å². The van der Waals surface area contributed by atoms with Gasteiger partial charge in [-0.1, -0.05) is 29.8 Å². The van der Waals surface area contributed by atoms with Gasteiger partial charge in [0.05, 0.1) is 11.4 Å². The van der Waals surface area contributed by atoms with E-state index in [0.717, 1.165) is 16.7 Å². The van der Waals surface area contributed by atoms with Gasteiger partial charge in [-0.3, -0.25) is 14.5 Å². The number of imide groups is 1. The van der Waals surface area contributed by atoms with Crippen LogP contribution in [0.15, 0.2) is 62.6 Å². The van der Waals surface area contributed by atoms with Crippen LogP contribution in [0.3, 0.4) is 0 Å². The maximum atomic E-state index is 12.7. The smallest absolute Gasteiger partial charge is 0.336 e. The number of aromatic hydroxyl groups is 1. The van der Waals surface area contributed by atoms with E-state index in [1.54, 1.807) is 36.4 Å². The van der Waals surface area contributed by atoms with Gasteiger partial charge in [-0.2, -0.15) is 0 Å². The molecule has 1 fully saturated rings. The SMILES string of the molecule is O=C1S/C(=C\c2ccccc2Cl)C(=O)N1Cc1cc(=O)oc2cc(O)ccc12. The molecule has 4 rings (SSSR count). The Hall–Kier alpha value is -3.03. The predicted octanol–water partition coefficient (Wildman–Crippen LogP) is 4.39. The first-order valence-electron chi connectivity index (χ1n) is 8.18. The molecule has 2 amide bonds. The first kappa shape index (κ1) is 18.3. The second kappa shape index (κ2) is 7.18. The largest absolute Gasteiger partial charge is 0.508 e. The van der Waals surface area contributed by atoms with E-state index in [9.17, 15) is 19.5 Å². The number of phenols is 1. The molecule has 8 heteroatoms. The lowest BCUT2D eigenvalue weighted by atomic mass is 10.1. The van der Waals surface area contributed by atoms with E-state index in [1.165, 1.54) is 18.2 Å². The van der Waals surface area contributed by atoms with E-state index in [1.807, 2.05) is 0 Å². The number of halogens is 1. The number of phenolic OH excluding ortho intramolecular Hbond substituents is 1. The molecule has 0 unspecified atom stereocenters. The predicted molar refractivity (Wildman–Crippen MR) is 107 cm³/mol. The number of hydrogen-bond donors (Lipinski definition) is 1. The monoisotopic (exact) mass is 413 g/mol. The molecular weight excluding hydrogens is 402 g/mol. The molecule has 0 radical (unpaired) electrons. The average molecular weight is 414 g/mol. The fourth-order valence-corrected chi connectivity index (χ4v) is 3.91. The molecule has 2 aromatic carbocycles. The average Bonchev–Trinajstić information content (AvgIpc) is 2.90. The highest BCUT2D eigenvalue weighted by atomic mass is 35.5. The summed E-state index contributed by atoms with van der Waals surface area (Å²) in [5.74, 6) is -0.517. The number of carbonyl (C=O) groups is 2. The van der Waals surface area contributed by atoms with Crippen molar-refractivity contribution >= 4 is 51.6 Å². The Morgan fingerprint density at radius 1 is 1.11 bits per heavy atom. The summed E-state index contributed by atoms with van der Waals surface area (Å²) in [5, 5.41) is 10.1. The third kappa shape index (κ3) is 3.42. The highest BCUT2D eigenvalue weighted by molar-refractivity contribution is 8.18. The Morgan fingerprint density at radius 2 is 1.89 bits per heavy atom. The van der Waals surface area contributed by atoms with E-state index in [-0.39, 0.29) is 22.8 Å². The van der Waals surface area contributed by atoms with Gasteiger partial charge in [-0.05, 0) is 47.2 Å². The van der Waals surface area contributed by atoms with Crippen molar-refractivity contribution in [1.29, 1.82) is 0 Å². The molecule has 1 aliphatic rings. The van der Waals surface area contributed by atoms with Crippen LogP contribution in [0.5, 0.6) is 5.75 Å². The van der Waals surface area contributed by atoms with E-state index in [4.69, 9.17) is 16.0 Å². The minimum Gasteiger partial charge on any atom is -0.508 e. The molecule has 28 heavy (non-hydrogen) atoms. The van der Waals surface area contributed by atoms with Crippen molar-refractivity contribution in [2.24, 2.45) is 0 Å². The van der Waals surface area contributed by atoms with Crippen molar-refractivity contribution in [2.45, 2.75) is 6.54 Å². The number of nitrogens with zero attached hydrogens (tertiary/aromatic N) is 1. The fourth-order valence-electron chi connectivity index (χ4n) is 2.89. The van der Waals surface area contributed by atoms with Crippen LogP contribution in [-0.2, 0) is 11.3 Å². The third-order valence-electron chi connectivity index (χ3n) is 4.21. The Balaban J connectivity index is 1.69. The highest BCUT2D eigenvalue weighted by Gasteiger charge is 2.35. The molecule has 6 nitrogen and oxygen atoms in total. The normalized spacial score (nSPS) is 15.8. The highest BCUT2D eigenvalue weighted by Crippen LogP contribution is 2.35. The van der Waals surface area contributed by atoms with Crippen molar-refractivity contribution in [1.82, 2.24) is 4.90 Å². The fraction of sp³-hybridized carbons (Fsp3) is 0.0500. The second-order valence-corrected chi connectivity index (χ2v) is 7.46. The molecule has 0 spiro atoms. The minimum atomic E-state index is -0.633. The number of rotatable bonds is 3. The van der Waals surface area contributed by atoms with Crippen LogP contribution < -0.4 is 5.63 Å². The molecule has 0 aliphatic carbocycles. The number of carbonyl (C=O) groups excluding carboxylic acids is 2. The zero-order valence-electron chi connectivity index (χ0n) is 14.2. The van der Waals surface area contributed by atoms with Gasteiger partial charge in [0.1, 0.15) is 11.3 Å². The minimum absolute atomic E-state index is 0.0540. The summed E-state index contributed by atoms with van der Waals surface area (Å²) < 4.78 is 5.08. The van der Waals surface area contributed by atoms with Crippen LogP contribution in [0.4, 0.5) is 4.79 Å². The molecule has 140 valence electrons. The lowest BCUT2D eigenvalue weighted by Crippen LogP contribution is -2.28. The molecule has 1 aliphatic heterocycles. The van der Waals surface area contributed by atoms with Crippen LogP contribution in [0.2, 0.25) is 5.02 Å². The summed E-state index contributed by atoms with van der Waals surface area (Å²) in [5.41, 5.74) is 0.635. The van der Waals surface area contributed by atoms with E-state index < -0.39 is 16.8 Å². The number of fused-ring (bicyclic) bond motifs is 1. The first-order valence-corrected chi connectivity index (χ1v) is 9.37. The van der Waals surface area contributed by atoms with Crippen LogP contribution >= 0.6 is 23.4 Å². The summed E-state index contributed by atoms with van der Waals surface area (Å²) in [6.45, 7) is -0.0859. The Kier molecular flexibility index (Phi) is 4.70. The number of amides is 2. The van der Waals surface area contributed by atoms with E-state index >= 15 is 0 Å². The van der Waals surface area contributed by atoms with E-state index in [0.29, 0.717) is 21.5 Å². The van der Waals surface area contributed by atoms with Gasteiger partial charge in [0.2, 0.25) is 0 Å². The quantitative estimate of drug-likeness (QED) is 0.506. The zero-order valence-corrected chi connectivity index (χ0v) is 15.8. The molecule has 1 N–H and O–H groups in total. The van der Waals surface area contributed by atoms with Crippen molar-refractivity contribution in [3.8, 4) is 5.75 Å². The summed E-state index contributed by atoms with van der Waals surface area (Å²) in [4.78, 5) is 38.3. The maximum absolute atomic E-state index is 12.7. The standard InChI is InChI=1S/C20H12ClNO5S/c21-15-4-2-1-3-11(15)7-17-19(25)22(20(26)28-17)10-12-8-18(24)27-16-9-13(23)5-6-14(12)16/h1-9,23H,10H2/b17-7-. The molecule has 3 aromatic rings. The second-order valence-electron chi connectivity index (χ2n) is 6.06. The molecule has 2 heterocycles.